The molecule has 0 saturated carbocycles. The van der Waals surface area contributed by atoms with E-state index >= 15 is 0 Å². The molecule has 0 fully saturated rings. The summed E-state index contributed by atoms with van der Waals surface area (Å²) in [5, 5.41) is 23.0. The van der Waals surface area contributed by atoms with Crippen molar-refractivity contribution >= 4 is 12.7 Å². The first-order valence-corrected chi connectivity index (χ1v) is 12.7. The Morgan fingerprint density at radius 2 is 1.87 bits per heavy atom. The molecular formula is C27H38F2N8O2. The Bertz CT molecular complexity index is 1240. The van der Waals surface area contributed by atoms with Gasteiger partial charge in [-0.25, -0.2) is 18.4 Å². The van der Waals surface area contributed by atoms with Gasteiger partial charge in [0.25, 0.3) is 12.3 Å². The van der Waals surface area contributed by atoms with Gasteiger partial charge in [-0.3, -0.25) is 15.3 Å². The summed E-state index contributed by atoms with van der Waals surface area (Å²) in [6.45, 7) is 11.5. The third-order valence-corrected chi connectivity index (χ3v) is 6.35. The number of nitrogens with zero attached hydrogens (tertiary/aromatic N) is 5. The van der Waals surface area contributed by atoms with Gasteiger partial charge >= 0.3 is 0 Å². The number of carbonyl (C=O) groups is 2. The first-order valence-electron chi connectivity index (χ1n) is 12.7. The molecule has 3 rings (SSSR count). The van der Waals surface area contributed by atoms with Gasteiger partial charge in [-0.15, -0.1) is 0 Å². The van der Waals surface area contributed by atoms with Crippen LogP contribution in [0.5, 0.6) is 0 Å². The number of aromatic nitrogens is 5. The van der Waals surface area contributed by atoms with Gasteiger partial charge in [-0.05, 0) is 45.7 Å². The molecule has 0 atom stereocenters. The monoisotopic (exact) mass is 544 g/mol. The molecule has 12 heteroatoms. The fourth-order valence-electron chi connectivity index (χ4n) is 3.95. The summed E-state index contributed by atoms with van der Waals surface area (Å²) in [6, 6.07) is 7.94. The molecule has 2 aromatic heterocycles. The number of carbonyl (C=O) groups excluding carboxylic acids is 2. The lowest BCUT2D eigenvalue weighted by atomic mass is 10.0. The Labute approximate surface area is 227 Å². The molecule has 0 aliphatic heterocycles. The van der Waals surface area contributed by atoms with Gasteiger partial charge in [0.05, 0.1) is 5.69 Å². The molecule has 3 aromatic rings. The first-order chi connectivity index (χ1) is 18.5. The molecule has 0 aliphatic rings. The summed E-state index contributed by atoms with van der Waals surface area (Å²) >= 11 is 0. The van der Waals surface area contributed by atoms with E-state index in [1.165, 1.54) is 18.5 Å². The second kappa shape index (κ2) is 14.4. The SMILES string of the molecule is C=O.CNC(C)(C)CN(CCCCn1nc(-c2ccc(C(F)F)cc2)cc(C(C)C)c1=N)C(=O)c1ncn[nH]1. The van der Waals surface area contributed by atoms with Gasteiger partial charge < -0.3 is 15.0 Å². The highest BCUT2D eigenvalue weighted by Gasteiger charge is 2.25. The van der Waals surface area contributed by atoms with E-state index in [-0.39, 0.29) is 28.8 Å². The van der Waals surface area contributed by atoms with Gasteiger partial charge in [0.1, 0.15) is 18.6 Å². The van der Waals surface area contributed by atoms with Crippen LogP contribution in [0.15, 0.2) is 36.7 Å². The van der Waals surface area contributed by atoms with E-state index in [1.807, 2.05) is 47.6 Å². The van der Waals surface area contributed by atoms with Crippen LogP contribution in [0.2, 0.25) is 0 Å². The molecule has 10 nitrogen and oxygen atoms in total. The summed E-state index contributed by atoms with van der Waals surface area (Å²) in [4.78, 5) is 26.7. The number of alkyl halides is 2. The summed E-state index contributed by atoms with van der Waals surface area (Å²) in [5.41, 5.74) is 2.19. The standard InChI is InChI=1S/C26H36F2N8O.CH2O/c1-17(2)20-14-21(18-8-10-19(11-9-18)22(27)28)34-36(23(20)29)13-7-6-12-35(15-26(3,4)30-5)25(37)24-31-16-32-33-24;1-2/h8-11,14,16-17,22,29-30H,6-7,12-13,15H2,1-5H3,(H,31,32,33);1H2. The normalized spacial score (nSPS) is 11.4. The molecule has 0 saturated heterocycles. The lowest BCUT2D eigenvalue weighted by molar-refractivity contribution is -0.0980. The van der Waals surface area contributed by atoms with Crippen molar-refractivity contribution in [2.45, 2.75) is 65.0 Å². The Balaban J connectivity index is 0.00000260. The Morgan fingerprint density at radius 1 is 1.21 bits per heavy atom. The fraction of sp³-hybridized carbons (Fsp3) is 0.481. The van der Waals surface area contributed by atoms with Crippen molar-refractivity contribution in [3.05, 3.63) is 59.1 Å². The maximum atomic E-state index is 13.0. The van der Waals surface area contributed by atoms with Crippen LogP contribution in [0.25, 0.3) is 11.3 Å². The molecule has 0 aliphatic carbocycles. The maximum Gasteiger partial charge on any atom is 0.291 e. The summed E-state index contributed by atoms with van der Waals surface area (Å²) in [6.07, 6.45) is 0.170. The summed E-state index contributed by atoms with van der Waals surface area (Å²) in [5.74, 6) is 0.0762. The summed E-state index contributed by atoms with van der Waals surface area (Å²) in [7, 11) is 1.86. The number of hydrogen-bond acceptors (Lipinski definition) is 7. The van der Waals surface area contributed by atoms with Gasteiger partial charge in [-0.1, -0.05) is 38.1 Å². The highest BCUT2D eigenvalue weighted by atomic mass is 19.3. The Hall–Kier alpha value is -3.80. The quantitative estimate of drug-likeness (QED) is 0.296. The number of amides is 1. The van der Waals surface area contributed by atoms with E-state index in [1.54, 1.807) is 21.7 Å². The fourth-order valence-corrected chi connectivity index (χ4v) is 3.95. The van der Waals surface area contributed by atoms with Crippen molar-refractivity contribution in [1.29, 1.82) is 5.41 Å². The topological polar surface area (TPSA) is 133 Å². The number of nitrogens with one attached hydrogen (secondary N) is 3. The predicted molar refractivity (Wildman–Crippen MR) is 144 cm³/mol. The van der Waals surface area contributed by atoms with Crippen LogP contribution < -0.4 is 10.8 Å². The number of rotatable bonds is 12. The minimum Gasteiger partial charge on any atom is -0.334 e. The van der Waals surface area contributed by atoms with Crippen molar-refractivity contribution < 1.29 is 18.4 Å². The van der Waals surface area contributed by atoms with Crippen molar-refractivity contribution in [3.63, 3.8) is 0 Å². The molecular weight excluding hydrogens is 506 g/mol. The third kappa shape index (κ3) is 8.60. The number of halogens is 2. The zero-order valence-electron chi connectivity index (χ0n) is 23.2. The molecule has 0 spiro atoms. The highest BCUT2D eigenvalue weighted by Crippen LogP contribution is 2.24. The molecule has 1 amide bonds. The molecule has 1 aromatic carbocycles. The minimum absolute atomic E-state index is 0.0382. The van der Waals surface area contributed by atoms with E-state index in [0.717, 1.165) is 11.1 Å². The predicted octanol–water partition coefficient (Wildman–Crippen LogP) is 3.94. The molecule has 0 unspecified atom stereocenters. The van der Waals surface area contributed by atoms with Gasteiger partial charge in [0.2, 0.25) is 5.82 Å². The molecule has 0 bridgehead atoms. The van der Waals surface area contributed by atoms with Crippen LogP contribution in [-0.2, 0) is 11.3 Å². The van der Waals surface area contributed by atoms with Crippen molar-refractivity contribution in [2.24, 2.45) is 0 Å². The number of unbranched alkanes of at least 4 members (excludes halogenated alkanes) is 1. The average molecular weight is 545 g/mol. The Kier molecular flexibility index (Phi) is 11.6. The second-order valence-electron chi connectivity index (χ2n) is 10.0. The molecule has 3 N–H and O–H groups in total. The van der Waals surface area contributed by atoms with Crippen molar-refractivity contribution in [3.8, 4) is 11.3 Å². The lowest BCUT2D eigenvalue weighted by Gasteiger charge is -2.32. The summed E-state index contributed by atoms with van der Waals surface area (Å²) < 4.78 is 27.6. The molecule has 212 valence electrons. The van der Waals surface area contributed by atoms with Crippen molar-refractivity contribution in [1.82, 2.24) is 35.2 Å². The van der Waals surface area contributed by atoms with E-state index in [9.17, 15) is 13.6 Å². The molecule has 2 heterocycles. The van der Waals surface area contributed by atoms with E-state index in [4.69, 9.17) is 10.2 Å². The number of aromatic amines is 1. The number of hydrogen-bond donors (Lipinski definition) is 3. The zero-order chi connectivity index (χ0) is 29.2. The Morgan fingerprint density at radius 3 is 2.41 bits per heavy atom. The van der Waals surface area contributed by atoms with Crippen LogP contribution in [-0.4, -0.2) is 68.2 Å². The van der Waals surface area contributed by atoms with Crippen LogP contribution in [0.3, 0.4) is 0 Å². The van der Waals surface area contributed by atoms with E-state index < -0.39 is 6.43 Å². The largest absolute Gasteiger partial charge is 0.334 e. The lowest BCUT2D eigenvalue weighted by Crippen LogP contribution is -2.49. The maximum absolute atomic E-state index is 13.0. The number of H-pyrrole nitrogens is 1. The van der Waals surface area contributed by atoms with Crippen LogP contribution in [0.4, 0.5) is 8.78 Å². The van der Waals surface area contributed by atoms with Crippen LogP contribution in [0, 0.1) is 5.41 Å². The van der Waals surface area contributed by atoms with Crippen LogP contribution >= 0.6 is 0 Å². The first kappa shape index (κ1) is 31.4. The number of benzene rings is 1. The smallest absolute Gasteiger partial charge is 0.291 e. The second-order valence-corrected chi connectivity index (χ2v) is 10.0. The van der Waals surface area contributed by atoms with E-state index in [2.05, 4.69) is 25.6 Å². The number of aryl methyl sites for hydroxylation is 1. The van der Waals surface area contributed by atoms with Crippen molar-refractivity contribution in [2.75, 3.05) is 20.1 Å². The van der Waals surface area contributed by atoms with Gasteiger partial charge in [-0.2, -0.15) is 10.2 Å². The van der Waals surface area contributed by atoms with Gasteiger partial charge in [0.15, 0.2) is 0 Å². The minimum atomic E-state index is -2.53. The average Bonchev–Trinajstić information content (AvgIpc) is 3.47. The highest BCUT2D eigenvalue weighted by molar-refractivity contribution is 5.90. The third-order valence-electron chi connectivity index (χ3n) is 6.35. The number of likely N-dealkylation sites (N-methyl/N-ethyl adjacent to an activating group) is 1. The van der Waals surface area contributed by atoms with Gasteiger partial charge in [0, 0.05) is 41.9 Å². The molecule has 39 heavy (non-hydrogen) atoms. The van der Waals surface area contributed by atoms with E-state index in [0.29, 0.717) is 43.7 Å². The molecule has 0 radical (unpaired) electrons. The van der Waals surface area contributed by atoms with Crippen LogP contribution in [0.1, 0.15) is 74.6 Å². The zero-order valence-corrected chi connectivity index (χ0v) is 23.2.